The topological polar surface area (TPSA) is 12.9 Å². The molecule has 2 aromatic rings. The molecule has 0 amide bonds. The minimum absolute atomic E-state index is 0.176. The first-order valence-electron chi connectivity index (χ1n) is 6.29. The van der Waals surface area contributed by atoms with Crippen LogP contribution in [0.5, 0.6) is 0 Å². The van der Waals surface area contributed by atoms with Gasteiger partial charge in [-0.1, -0.05) is 46.8 Å². The van der Waals surface area contributed by atoms with Crippen LogP contribution in [0.1, 0.15) is 51.7 Å². The number of rotatable bonds is 1. The molecule has 17 heavy (non-hydrogen) atoms. The molecule has 1 heterocycles. The molecule has 0 saturated heterocycles. The highest BCUT2D eigenvalue weighted by Crippen LogP contribution is 2.31. The number of hydrogen-bond donors (Lipinski definition) is 0. The molecular weight excluding hydrogens is 206 g/mol. The summed E-state index contributed by atoms with van der Waals surface area (Å²) in [6, 6.07) is 8.75. The highest BCUT2D eigenvalue weighted by Gasteiger charge is 2.17. The van der Waals surface area contributed by atoms with Crippen molar-refractivity contribution in [2.45, 2.75) is 46.0 Å². The summed E-state index contributed by atoms with van der Waals surface area (Å²) < 4.78 is 0. The fourth-order valence-corrected chi connectivity index (χ4v) is 2.12. The molecule has 0 aliphatic carbocycles. The van der Waals surface area contributed by atoms with E-state index < -0.39 is 0 Å². The molecule has 1 aromatic carbocycles. The molecule has 1 heteroatoms. The third-order valence-electron chi connectivity index (χ3n) is 3.24. The van der Waals surface area contributed by atoms with E-state index in [9.17, 15) is 0 Å². The highest BCUT2D eigenvalue weighted by molar-refractivity contribution is 5.83. The molecule has 1 aromatic heterocycles. The number of hydrogen-bond acceptors (Lipinski definition) is 1. The first-order chi connectivity index (χ1) is 7.89. The van der Waals surface area contributed by atoms with Gasteiger partial charge in [0, 0.05) is 11.6 Å². The molecule has 0 spiro atoms. The van der Waals surface area contributed by atoms with Gasteiger partial charge in [0.1, 0.15) is 0 Å². The Morgan fingerprint density at radius 2 is 1.82 bits per heavy atom. The summed E-state index contributed by atoms with van der Waals surface area (Å²) in [7, 11) is 0. The van der Waals surface area contributed by atoms with Crippen LogP contribution < -0.4 is 0 Å². The van der Waals surface area contributed by atoms with E-state index >= 15 is 0 Å². The molecule has 0 fully saturated rings. The molecule has 0 saturated carbocycles. The molecule has 1 nitrogen and oxygen atoms in total. The van der Waals surface area contributed by atoms with Crippen LogP contribution in [0, 0.1) is 0 Å². The Morgan fingerprint density at radius 1 is 1.12 bits per heavy atom. The predicted octanol–water partition coefficient (Wildman–Crippen LogP) is 4.66. The molecule has 90 valence electrons. The Balaban J connectivity index is 2.76. The Kier molecular flexibility index (Phi) is 2.94. The standard InChI is InChI=1S/C16H21N/c1-11(2)14-9-12(16(3,4)5)10-15-13(14)7-6-8-17-15/h6-11H,1-5H3. The number of aromatic nitrogens is 1. The molecule has 0 atom stereocenters. The first-order valence-corrected chi connectivity index (χ1v) is 6.29. The van der Waals surface area contributed by atoms with Gasteiger partial charge >= 0.3 is 0 Å². The van der Waals surface area contributed by atoms with Gasteiger partial charge < -0.3 is 0 Å². The lowest BCUT2D eigenvalue weighted by Gasteiger charge is -2.22. The summed E-state index contributed by atoms with van der Waals surface area (Å²) in [5.41, 5.74) is 4.06. The normalized spacial score (nSPS) is 12.4. The van der Waals surface area contributed by atoms with Crippen molar-refractivity contribution < 1.29 is 0 Å². The summed E-state index contributed by atoms with van der Waals surface area (Å²) in [5, 5.41) is 1.29. The molecule has 0 aliphatic rings. The largest absolute Gasteiger partial charge is 0.256 e. The van der Waals surface area contributed by atoms with Crippen LogP contribution in [0.25, 0.3) is 10.9 Å². The Labute approximate surface area is 104 Å². The van der Waals surface area contributed by atoms with E-state index in [2.05, 4.69) is 57.8 Å². The monoisotopic (exact) mass is 227 g/mol. The Hall–Kier alpha value is -1.37. The summed E-state index contributed by atoms with van der Waals surface area (Å²) in [5.74, 6) is 0.531. The second-order valence-corrected chi connectivity index (χ2v) is 6.04. The van der Waals surface area contributed by atoms with Gasteiger partial charge in [0.05, 0.1) is 5.52 Å². The summed E-state index contributed by atoms with van der Waals surface area (Å²) in [6.07, 6.45) is 1.87. The maximum absolute atomic E-state index is 4.50. The van der Waals surface area contributed by atoms with Crippen LogP contribution in [0.2, 0.25) is 0 Å². The van der Waals surface area contributed by atoms with Gasteiger partial charge in [-0.2, -0.15) is 0 Å². The zero-order chi connectivity index (χ0) is 12.6. The van der Waals surface area contributed by atoms with E-state index in [4.69, 9.17) is 0 Å². The van der Waals surface area contributed by atoms with Gasteiger partial charge in [-0.05, 0) is 34.6 Å². The number of pyridine rings is 1. The van der Waals surface area contributed by atoms with Gasteiger partial charge in [-0.3, -0.25) is 4.98 Å². The van der Waals surface area contributed by atoms with Crippen molar-refractivity contribution in [1.29, 1.82) is 0 Å². The van der Waals surface area contributed by atoms with Crippen molar-refractivity contribution in [1.82, 2.24) is 4.98 Å². The quantitative estimate of drug-likeness (QED) is 0.690. The van der Waals surface area contributed by atoms with E-state index in [-0.39, 0.29) is 5.41 Å². The lowest BCUT2D eigenvalue weighted by Crippen LogP contribution is -2.12. The molecular formula is C16H21N. The van der Waals surface area contributed by atoms with E-state index in [0.717, 1.165) is 5.52 Å². The average molecular weight is 227 g/mol. The number of benzene rings is 1. The smallest absolute Gasteiger partial charge is 0.0707 e. The van der Waals surface area contributed by atoms with Crippen LogP contribution in [0.4, 0.5) is 0 Å². The van der Waals surface area contributed by atoms with Gasteiger partial charge in [0.2, 0.25) is 0 Å². The lowest BCUT2D eigenvalue weighted by atomic mass is 9.83. The average Bonchev–Trinajstić information content (AvgIpc) is 2.26. The molecule has 0 bridgehead atoms. The SMILES string of the molecule is CC(C)c1cc(C(C)(C)C)cc2ncccc12. The van der Waals surface area contributed by atoms with Crippen LogP contribution in [-0.2, 0) is 5.41 Å². The van der Waals surface area contributed by atoms with Gasteiger partial charge in [-0.15, -0.1) is 0 Å². The summed E-state index contributed by atoms with van der Waals surface area (Å²) >= 11 is 0. The second kappa shape index (κ2) is 4.14. The van der Waals surface area contributed by atoms with Crippen molar-refractivity contribution in [2.24, 2.45) is 0 Å². The zero-order valence-corrected chi connectivity index (χ0v) is 11.4. The maximum Gasteiger partial charge on any atom is 0.0707 e. The zero-order valence-electron chi connectivity index (χ0n) is 11.4. The van der Waals surface area contributed by atoms with Crippen LogP contribution >= 0.6 is 0 Å². The Morgan fingerprint density at radius 3 is 2.41 bits per heavy atom. The minimum Gasteiger partial charge on any atom is -0.256 e. The summed E-state index contributed by atoms with van der Waals surface area (Å²) in [6.45, 7) is 11.2. The van der Waals surface area contributed by atoms with Gasteiger partial charge in [0.15, 0.2) is 0 Å². The first kappa shape index (κ1) is 12.1. The molecule has 0 unspecified atom stereocenters. The van der Waals surface area contributed by atoms with Crippen molar-refractivity contribution in [3.63, 3.8) is 0 Å². The van der Waals surface area contributed by atoms with Crippen LogP contribution in [-0.4, -0.2) is 4.98 Å². The molecule has 2 rings (SSSR count). The van der Waals surface area contributed by atoms with E-state index in [0.29, 0.717) is 5.92 Å². The van der Waals surface area contributed by atoms with Crippen molar-refractivity contribution in [3.05, 3.63) is 41.6 Å². The number of fused-ring (bicyclic) bond motifs is 1. The third-order valence-corrected chi connectivity index (χ3v) is 3.24. The fraction of sp³-hybridized carbons (Fsp3) is 0.438. The van der Waals surface area contributed by atoms with Gasteiger partial charge in [-0.25, -0.2) is 0 Å². The van der Waals surface area contributed by atoms with Crippen LogP contribution in [0.3, 0.4) is 0 Å². The van der Waals surface area contributed by atoms with Gasteiger partial charge in [0.25, 0.3) is 0 Å². The Bertz CT molecular complexity index is 533. The van der Waals surface area contributed by atoms with Crippen molar-refractivity contribution in [3.8, 4) is 0 Å². The molecule has 0 aliphatic heterocycles. The lowest BCUT2D eigenvalue weighted by molar-refractivity contribution is 0.589. The van der Waals surface area contributed by atoms with E-state index in [1.54, 1.807) is 0 Å². The molecule has 0 N–H and O–H groups in total. The predicted molar refractivity (Wildman–Crippen MR) is 74.5 cm³/mol. The van der Waals surface area contributed by atoms with E-state index in [1.165, 1.54) is 16.5 Å². The van der Waals surface area contributed by atoms with Crippen molar-refractivity contribution in [2.75, 3.05) is 0 Å². The van der Waals surface area contributed by atoms with Crippen molar-refractivity contribution >= 4 is 10.9 Å². The minimum atomic E-state index is 0.176. The molecule has 0 radical (unpaired) electrons. The fourth-order valence-electron chi connectivity index (χ4n) is 2.12. The third kappa shape index (κ3) is 2.33. The second-order valence-electron chi connectivity index (χ2n) is 6.04. The maximum atomic E-state index is 4.50. The van der Waals surface area contributed by atoms with E-state index in [1.807, 2.05) is 12.3 Å². The highest BCUT2D eigenvalue weighted by atomic mass is 14.6. The summed E-state index contributed by atoms with van der Waals surface area (Å²) in [4.78, 5) is 4.50. The van der Waals surface area contributed by atoms with Crippen LogP contribution in [0.15, 0.2) is 30.5 Å². The number of nitrogens with zero attached hydrogens (tertiary/aromatic N) is 1.